The molecule has 1 aliphatic heterocycles. The maximum Gasteiger partial charge on any atom is 0.416 e. The van der Waals surface area contributed by atoms with Gasteiger partial charge in [0.05, 0.1) is 19.1 Å². The Hall–Kier alpha value is -1.64. The van der Waals surface area contributed by atoms with Crippen molar-refractivity contribution in [3.63, 3.8) is 0 Å². The average Bonchev–Trinajstić information content (AvgIpc) is 2.83. The van der Waals surface area contributed by atoms with Crippen LogP contribution in [-0.2, 0) is 15.7 Å². The summed E-state index contributed by atoms with van der Waals surface area (Å²) in [6.45, 7) is 1.82. The van der Waals surface area contributed by atoms with Crippen LogP contribution in [0, 0.1) is 5.92 Å². The number of methoxy groups -OCH3 is 1. The topological polar surface area (TPSA) is 70.6 Å². The number of ether oxygens (including phenoxy) is 1. The van der Waals surface area contributed by atoms with Gasteiger partial charge >= 0.3 is 12.1 Å². The van der Waals surface area contributed by atoms with E-state index in [4.69, 9.17) is 0 Å². The summed E-state index contributed by atoms with van der Waals surface area (Å²) in [5, 5.41) is 10.1. The minimum absolute atomic E-state index is 0.0305. The van der Waals surface area contributed by atoms with E-state index in [0.717, 1.165) is 12.1 Å². The Bertz CT molecular complexity index is 538. The number of benzene rings is 1. The molecule has 1 aliphatic rings. The molecule has 4 atom stereocenters. The Balaban J connectivity index is 2.31. The largest absolute Gasteiger partial charge is 0.469 e. The molecule has 128 valence electrons. The van der Waals surface area contributed by atoms with Gasteiger partial charge in [0.2, 0.25) is 0 Å². The van der Waals surface area contributed by atoms with Crippen LogP contribution < -0.4 is 10.9 Å². The van der Waals surface area contributed by atoms with Gasteiger partial charge in [-0.25, -0.2) is 5.43 Å². The van der Waals surface area contributed by atoms with Crippen molar-refractivity contribution >= 4 is 5.97 Å². The first kappa shape index (κ1) is 17.7. The van der Waals surface area contributed by atoms with Crippen LogP contribution in [0.2, 0.25) is 0 Å². The summed E-state index contributed by atoms with van der Waals surface area (Å²) >= 11 is 0. The minimum atomic E-state index is -4.42. The van der Waals surface area contributed by atoms with E-state index in [0.29, 0.717) is 5.56 Å². The molecule has 8 heteroatoms. The van der Waals surface area contributed by atoms with E-state index in [1.54, 1.807) is 0 Å². The van der Waals surface area contributed by atoms with E-state index < -0.39 is 29.9 Å². The Morgan fingerprint density at radius 3 is 2.35 bits per heavy atom. The van der Waals surface area contributed by atoms with Gasteiger partial charge in [-0.1, -0.05) is 12.1 Å². The minimum Gasteiger partial charge on any atom is -0.469 e. The fourth-order valence-corrected chi connectivity index (χ4v) is 2.91. The highest BCUT2D eigenvalue weighted by Crippen LogP contribution is 2.36. The van der Waals surface area contributed by atoms with Gasteiger partial charge in [-0.05, 0) is 24.6 Å². The Kier molecular flexibility index (Phi) is 5.28. The standard InChI is InChI=1S/C15H19F3N2O3/c1-8-13(14(22)20-19-8)11(7-12(21)23-2)9-3-5-10(6-4-9)15(16,17)18/h3-6,8,11,13-14,19-20,22H,7H2,1-2H3. The van der Waals surface area contributed by atoms with Crippen LogP contribution >= 0.6 is 0 Å². The molecule has 4 unspecified atom stereocenters. The van der Waals surface area contributed by atoms with E-state index in [-0.39, 0.29) is 18.4 Å². The molecule has 1 fully saturated rings. The zero-order valence-corrected chi connectivity index (χ0v) is 12.7. The van der Waals surface area contributed by atoms with Crippen LogP contribution in [0.25, 0.3) is 0 Å². The second-order valence-electron chi connectivity index (χ2n) is 5.61. The highest BCUT2D eigenvalue weighted by Gasteiger charge is 2.40. The number of carbonyl (C=O) groups excluding carboxylic acids is 1. The highest BCUT2D eigenvalue weighted by molar-refractivity contribution is 5.70. The van der Waals surface area contributed by atoms with Crippen molar-refractivity contribution in [3.8, 4) is 0 Å². The molecule has 1 aromatic carbocycles. The summed E-state index contributed by atoms with van der Waals surface area (Å²) in [7, 11) is 1.25. The molecule has 0 radical (unpaired) electrons. The number of aliphatic hydroxyl groups is 1. The zero-order chi connectivity index (χ0) is 17.2. The van der Waals surface area contributed by atoms with Crippen LogP contribution in [0.3, 0.4) is 0 Å². The zero-order valence-electron chi connectivity index (χ0n) is 12.7. The first-order valence-corrected chi connectivity index (χ1v) is 7.17. The SMILES string of the molecule is COC(=O)CC(c1ccc(C(F)(F)F)cc1)C1C(C)NNC1O. The van der Waals surface area contributed by atoms with Crippen LogP contribution in [0.4, 0.5) is 13.2 Å². The number of halogens is 3. The molecular formula is C15H19F3N2O3. The predicted octanol–water partition coefficient (Wildman–Crippen LogP) is 1.78. The molecule has 0 bridgehead atoms. The quantitative estimate of drug-likeness (QED) is 0.733. The van der Waals surface area contributed by atoms with Crippen LogP contribution in [0.15, 0.2) is 24.3 Å². The summed E-state index contributed by atoms with van der Waals surface area (Å²) in [4.78, 5) is 11.7. The third-order valence-corrected chi connectivity index (χ3v) is 4.15. The van der Waals surface area contributed by atoms with Crippen molar-refractivity contribution in [1.82, 2.24) is 10.9 Å². The van der Waals surface area contributed by atoms with Gasteiger partial charge in [0.25, 0.3) is 0 Å². The van der Waals surface area contributed by atoms with Gasteiger partial charge < -0.3 is 9.84 Å². The number of esters is 1. The van der Waals surface area contributed by atoms with Crippen molar-refractivity contribution in [1.29, 1.82) is 0 Å². The normalized spacial score (nSPS) is 26.1. The van der Waals surface area contributed by atoms with E-state index in [9.17, 15) is 23.1 Å². The first-order chi connectivity index (χ1) is 10.7. The highest BCUT2D eigenvalue weighted by atomic mass is 19.4. The number of nitrogens with one attached hydrogen (secondary N) is 2. The molecule has 1 aromatic rings. The Morgan fingerprint density at radius 1 is 1.30 bits per heavy atom. The number of rotatable bonds is 4. The molecule has 1 heterocycles. The molecule has 1 saturated heterocycles. The third-order valence-electron chi connectivity index (χ3n) is 4.15. The predicted molar refractivity (Wildman–Crippen MR) is 76.0 cm³/mol. The molecule has 0 spiro atoms. The Morgan fingerprint density at radius 2 is 1.91 bits per heavy atom. The van der Waals surface area contributed by atoms with E-state index in [1.807, 2.05) is 6.92 Å². The number of hydrazine groups is 1. The lowest BCUT2D eigenvalue weighted by atomic mass is 9.79. The van der Waals surface area contributed by atoms with Crippen molar-refractivity contribution in [2.75, 3.05) is 7.11 Å². The van der Waals surface area contributed by atoms with Crippen molar-refractivity contribution < 1.29 is 27.8 Å². The number of hydrogen-bond donors (Lipinski definition) is 3. The smallest absolute Gasteiger partial charge is 0.416 e. The van der Waals surface area contributed by atoms with Gasteiger partial charge in [0.1, 0.15) is 6.23 Å². The lowest BCUT2D eigenvalue weighted by Gasteiger charge is -2.27. The van der Waals surface area contributed by atoms with Gasteiger partial charge in [-0.2, -0.15) is 13.2 Å². The lowest BCUT2D eigenvalue weighted by molar-refractivity contribution is -0.141. The van der Waals surface area contributed by atoms with Gasteiger partial charge in [0.15, 0.2) is 0 Å². The molecule has 5 nitrogen and oxygen atoms in total. The third kappa shape index (κ3) is 4.01. The molecule has 0 amide bonds. The van der Waals surface area contributed by atoms with E-state index in [2.05, 4.69) is 15.6 Å². The molecule has 23 heavy (non-hydrogen) atoms. The van der Waals surface area contributed by atoms with Crippen LogP contribution in [-0.4, -0.2) is 30.5 Å². The fraction of sp³-hybridized carbons (Fsp3) is 0.533. The molecule has 0 aromatic heterocycles. The maximum atomic E-state index is 12.7. The molecule has 3 N–H and O–H groups in total. The Labute approximate surface area is 131 Å². The van der Waals surface area contributed by atoms with Crippen molar-refractivity contribution in [2.45, 2.75) is 37.7 Å². The van der Waals surface area contributed by atoms with Crippen LogP contribution in [0.5, 0.6) is 0 Å². The second-order valence-corrected chi connectivity index (χ2v) is 5.61. The number of aliphatic hydroxyl groups excluding tert-OH is 1. The van der Waals surface area contributed by atoms with Crippen molar-refractivity contribution in [2.24, 2.45) is 5.92 Å². The average molecular weight is 332 g/mol. The summed E-state index contributed by atoms with van der Waals surface area (Å²) in [5.41, 5.74) is 5.33. The van der Waals surface area contributed by atoms with Gasteiger partial charge in [-0.3, -0.25) is 10.2 Å². The monoisotopic (exact) mass is 332 g/mol. The fourth-order valence-electron chi connectivity index (χ4n) is 2.91. The summed E-state index contributed by atoms with van der Waals surface area (Å²) < 4.78 is 42.7. The number of alkyl halides is 3. The lowest BCUT2D eigenvalue weighted by Crippen LogP contribution is -2.33. The molecule has 0 saturated carbocycles. The first-order valence-electron chi connectivity index (χ1n) is 7.17. The second kappa shape index (κ2) is 6.86. The van der Waals surface area contributed by atoms with Crippen molar-refractivity contribution in [3.05, 3.63) is 35.4 Å². The summed E-state index contributed by atoms with van der Waals surface area (Å²) in [5.74, 6) is -1.34. The van der Waals surface area contributed by atoms with Gasteiger partial charge in [0, 0.05) is 17.9 Å². The van der Waals surface area contributed by atoms with E-state index in [1.165, 1.54) is 19.2 Å². The van der Waals surface area contributed by atoms with E-state index >= 15 is 0 Å². The number of carbonyl (C=O) groups is 1. The number of hydrogen-bond acceptors (Lipinski definition) is 5. The molecule has 0 aliphatic carbocycles. The van der Waals surface area contributed by atoms with Gasteiger partial charge in [-0.15, -0.1) is 0 Å². The molecular weight excluding hydrogens is 313 g/mol. The summed E-state index contributed by atoms with van der Waals surface area (Å²) in [6, 6.07) is 4.48. The molecule has 2 rings (SSSR count). The summed E-state index contributed by atoms with van der Waals surface area (Å²) in [6.07, 6.45) is -5.36. The van der Waals surface area contributed by atoms with Crippen LogP contribution in [0.1, 0.15) is 30.4 Å². The maximum absolute atomic E-state index is 12.7.